The molecule has 10 heterocycles. The SMILES string of the molecule is C=C(C(=O)c1ccc(OC)cc1OC)[C]12[CH]3[CH]4[CH]5[CH]1[Fe]45321678[CH]2[CH]1[CH]6[CH]7[CH]28. The van der Waals surface area contributed by atoms with Gasteiger partial charge in [-0.15, -0.1) is 0 Å². The molecule has 10 saturated heterocycles. The molecule has 0 amide bonds. The van der Waals surface area contributed by atoms with Crippen LogP contribution in [0.1, 0.15) is 10.4 Å². The van der Waals surface area contributed by atoms with Gasteiger partial charge in [0.05, 0.1) is 0 Å². The summed E-state index contributed by atoms with van der Waals surface area (Å²) in [7, 11) is 3.28. The van der Waals surface area contributed by atoms with Gasteiger partial charge < -0.3 is 0 Å². The number of ketones is 1. The van der Waals surface area contributed by atoms with Crippen molar-refractivity contribution in [2.45, 2.75) is 47.7 Å². The summed E-state index contributed by atoms with van der Waals surface area (Å²) in [5.74, 6) is 1.56. The molecule has 10 aliphatic heterocycles. The number of Topliss-reactive ketones (excluding diaryl/α,β-unsaturated/α-hetero) is 1. The summed E-state index contributed by atoms with van der Waals surface area (Å²) in [5, 5.41) is 0. The standard InChI is InChI=1S/C16H15O3.C5H5.Fe/c1-11(12-6-4-5-7-12)16(17)14-9-8-13(18-2)10-15(14)19-3;1-2-4-5-3-1;/h4-10H,1H2,2-3H3;1-5H;. The minimum atomic E-state index is -3.32. The molecule has 3 nitrogen and oxygen atoms in total. The number of hydrogen-bond donors (Lipinski definition) is 0. The number of hydrogen-bond acceptors (Lipinski definition) is 3. The Hall–Kier alpha value is -1.25. The summed E-state index contributed by atoms with van der Waals surface area (Å²) in [6, 6.07) is 5.59. The molecule has 25 heavy (non-hydrogen) atoms. The predicted octanol–water partition coefficient (Wildman–Crippen LogP) is 5.20. The zero-order chi connectivity index (χ0) is 16.4. The molecule has 10 aliphatic rings. The van der Waals surface area contributed by atoms with E-state index in [-0.39, 0.29) is 5.78 Å². The number of rotatable bonds is 5. The average Bonchev–Trinajstić information content (AvgIpc) is 3.58. The fourth-order valence-corrected chi connectivity index (χ4v) is 92.6. The molecule has 130 valence electrons. The molecule has 0 radical (unpaired) electrons. The Morgan fingerprint density at radius 1 is 1.00 bits per heavy atom. The van der Waals surface area contributed by atoms with Gasteiger partial charge in [-0.05, 0) is 0 Å². The summed E-state index contributed by atoms with van der Waals surface area (Å²) in [5.41, 5.74) is 1.74. The van der Waals surface area contributed by atoms with Crippen LogP contribution in [-0.2, 0) is 6.51 Å². The van der Waals surface area contributed by atoms with Gasteiger partial charge >= 0.3 is 136 Å². The van der Waals surface area contributed by atoms with E-state index in [1.54, 1.807) is 14.2 Å². The Kier molecular flexibility index (Phi) is 0.496. The molecule has 0 saturated carbocycles. The zero-order valence-electron chi connectivity index (χ0n) is 14.2. The van der Waals surface area contributed by atoms with Gasteiger partial charge in [-0.3, -0.25) is 0 Å². The van der Waals surface area contributed by atoms with E-state index in [0.717, 1.165) is 21.0 Å². The summed E-state index contributed by atoms with van der Waals surface area (Å²) in [6.45, 7) is 1.22. The molecule has 10 fully saturated rings. The number of allylic oxidation sites excluding steroid dienone is 1. The molecule has 4 unspecified atom stereocenters. The van der Waals surface area contributed by atoms with Crippen LogP contribution < -0.4 is 9.47 Å². The normalized spacial score (nSPS) is 84.2. The van der Waals surface area contributed by atoms with Gasteiger partial charge in [0.1, 0.15) is 0 Å². The maximum atomic E-state index is 13.6. The van der Waals surface area contributed by atoms with Crippen molar-refractivity contribution in [3.8, 4) is 11.5 Å². The van der Waals surface area contributed by atoms with Crippen molar-refractivity contribution in [1.82, 2.24) is 0 Å². The van der Waals surface area contributed by atoms with Gasteiger partial charge in [0.15, 0.2) is 0 Å². The number of carbonyl (C=O) groups is 1. The van der Waals surface area contributed by atoms with Gasteiger partial charge in [0.25, 0.3) is 0 Å². The fourth-order valence-electron chi connectivity index (χ4n) is 18.3. The second kappa shape index (κ2) is 1.15. The summed E-state index contributed by atoms with van der Waals surface area (Å²) in [4.78, 5) is 24.2. The first-order valence-electron chi connectivity index (χ1n) is 9.53. The minimum absolute atomic E-state index is 0.188. The van der Waals surface area contributed by atoms with Gasteiger partial charge in [0.2, 0.25) is 0 Å². The quantitative estimate of drug-likeness (QED) is 0.403. The molecule has 0 bridgehead atoms. The number of benzene rings is 1. The summed E-state index contributed by atoms with van der Waals surface area (Å²) >= 11 is 0. The van der Waals surface area contributed by atoms with Gasteiger partial charge in [0, 0.05) is 0 Å². The van der Waals surface area contributed by atoms with Crippen LogP contribution in [0.25, 0.3) is 0 Å². The Morgan fingerprint density at radius 3 is 2.00 bits per heavy atom. The average molecular weight is 376 g/mol. The van der Waals surface area contributed by atoms with Crippen LogP contribution in [-0.4, -0.2) is 20.0 Å². The third-order valence-corrected chi connectivity index (χ3v) is 59.4. The monoisotopic (exact) mass is 376 g/mol. The molecule has 0 aliphatic carbocycles. The summed E-state index contributed by atoms with van der Waals surface area (Å²) < 4.78 is 11.3. The van der Waals surface area contributed by atoms with Gasteiger partial charge in [-0.2, -0.15) is 0 Å². The molecule has 4 heteroatoms. The van der Waals surface area contributed by atoms with Crippen molar-refractivity contribution >= 4 is 5.78 Å². The molecule has 0 N–H and O–H groups in total. The zero-order valence-corrected chi connectivity index (χ0v) is 15.3. The first kappa shape index (κ1) is 10.8. The molecule has 11 rings (SSSR count). The van der Waals surface area contributed by atoms with E-state index < -0.39 is 6.51 Å². The molecule has 0 aromatic heterocycles. The number of ether oxygens (including phenoxy) is 2. The molecular weight excluding hydrogens is 356 g/mol. The Balaban J connectivity index is 1.17. The fraction of sp³-hybridized carbons (Fsp3) is 0.571. The Morgan fingerprint density at radius 2 is 1.60 bits per heavy atom. The molecule has 4 atom stereocenters. The third-order valence-electron chi connectivity index (χ3n) is 17.1. The van der Waals surface area contributed by atoms with Crippen molar-refractivity contribution in [1.29, 1.82) is 0 Å². The van der Waals surface area contributed by atoms with E-state index in [0.29, 0.717) is 15.6 Å². The van der Waals surface area contributed by atoms with Gasteiger partial charge in [-0.1, -0.05) is 0 Å². The topological polar surface area (TPSA) is 35.5 Å². The van der Waals surface area contributed by atoms with Crippen molar-refractivity contribution < 1.29 is 20.8 Å². The number of methoxy groups -OCH3 is 2. The van der Waals surface area contributed by atoms with E-state index >= 15 is 0 Å². The van der Waals surface area contributed by atoms with E-state index in [4.69, 9.17) is 9.47 Å². The molecule has 1 spiro atoms. The maximum absolute atomic E-state index is 13.6. The van der Waals surface area contributed by atoms with Crippen LogP contribution >= 0.6 is 0 Å². The van der Waals surface area contributed by atoms with Gasteiger partial charge in [-0.25, -0.2) is 0 Å². The molecule has 1 aromatic carbocycles. The number of fused-ring (bicyclic) bond motifs is 10. The van der Waals surface area contributed by atoms with E-state index in [1.807, 2.05) is 18.2 Å². The van der Waals surface area contributed by atoms with Crippen LogP contribution in [0.5, 0.6) is 11.5 Å². The van der Waals surface area contributed by atoms with Crippen molar-refractivity contribution in [2.24, 2.45) is 0 Å². The molecular formula is C21H20FeO3. The first-order valence-corrected chi connectivity index (χ1v) is 15.8. The second-order valence-electron chi connectivity index (χ2n) is 12.6. The van der Waals surface area contributed by atoms with Crippen LogP contribution in [0.2, 0.25) is 47.7 Å². The Labute approximate surface area is 136 Å². The third kappa shape index (κ3) is 0.166. The second-order valence-corrected chi connectivity index (χ2v) is 36.1. The van der Waals surface area contributed by atoms with Crippen molar-refractivity contribution in [3.05, 3.63) is 35.9 Å². The van der Waals surface area contributed by atoms with E-state index in [1.165, 1.54) is 33.7 Å². The number of carbonyl (C=O) groups excluding carboxylic acids is 1. The van der Waals surface area contributed by atoms with Crippen LogP contribution in [0.4, 0.5) is 0 Å². The Bertz CT molecular complexity index is 1360. The van der Waals surface area contributed by atoms with Crippen LogP contribution in [0.3, 0.4) is 0 Å². The van der Waals surface area contributed by atoms with Crippen LogP contribution in [0, 0.1) is 0 Å². The molecule has 1 aromatic rings. The van der Waals surface area contributed by atoms with Crippen molar-refractivity contribution in [3.63, 3.8) is 0 Å². The van der Waals surface area contributed by atoms with E-state index in [9.17, 15) is 4.79 Å². The summed E-state index contributed by atoms with van der Waals surface area (Å²) in [6.07, 6.45) is 0. The van der Waals surface area contributed by atoms with Crippen molar-refractivity contribution in [2.75, 3.05) is 14.2 Å². The van der Waals surface area contributed by atoms with Crippen LogP contribution in [0.15, 0.2) is 30.4 Å². The predicted molar refractivity (Wildman–Crippen MR) is 89.5 cm³/mol. The first-order chi connectivity index (χ1) is 11.9. The van der Waals surface area contributed by atoms with E-state index in [2.05, 4.69) is 6.58 Å².